The first kappa shape index (κ1) is 14.9. The number of aromatic amines is 1. The summed E-state index contributed by atoms with van der Waals surface area (Å²) in [5, 5.41) is 1.11. The van der Waals surface area contributed by atoms with Crippen LogP contribution in [0.1, 0.15) is 24.8 Å². The zero-order valence-electron chi connectivity index (χ0n) is 12.8. The van der Waals surface area contributed by atoms with Crippen LogP contribution >= 0.6 is 0 Å². The predicted octanol–water partition coefficient (Wildman–Crippen LogP) is 3.21. The Morgan fingerprint density at radius 2 is 2.05 bits per heavy atom. The van der Waals surface area contributed by atoms with Crippen molar-refractivity contribution in [3.63, 3.8) is 0 Å². The van der Waals surface area contributed by atoms with Crippen LogP contribution in [0.3, 0.4) is 0 Å². The van der Waals surface area contributed by atoms with E-state index in [1.807, 2.05) is 36.5 Å². The Morgan fingerprint density at radius 1 is 1.23 bits per heavy atom. The van der Waals surface area contributed by atoms with Crippen LogP contribution in [-0.2, 0) is 9.53 Å². The van der Waals surface area contributed by atoms with Crippen molar-refractivity contribution in [2.24, 2.45) is 0 Å². The third kappa shape index (κ3) is 3.77. The van der Waals surface area contributed by atoms with Crippen LogP contribution in [-0.4, -0.2) is 42.1 Å². The monoisotopic (exact) mass is 298 g/mol. The summed E-state index contributed by atoms with van der Waals surface area (Å²) in [6.07, 6.45) is 9.06. The van der Waals surface area contributed by atoms with E-state index in [1.54, 1.807) is 0 Å². The molecule has 0 saturated carbocycles. The van der Waals surface area contributed by atoms with Crippen LogP contribution in [0.25, 0.3) is 17.0 Å². The number of para-hydroxylation sites is 1. The first-order chi connectivity index (χ1) is 10.8. The van der Waals surface area contributed by atoms with Gasteiger partial charge in [-0.05, 0) is 38.1 Å². The van der Waals surface area contributed by atoms with E-state index in [2.05, 4.69) is 9.88 Å². The second kappa shape index (κ2) is 7.27. The summed E-state index contributed by atoms with van der Waals surface area (Å²) in [6, 6.07) is 8.03. The molecular weight excluding hydrogens is 276 g/mol. The molecule has 0 spiro atoms. The molecule has 4 heteroatoms. The van der Waals surface area contributed by atoms with Gasteiger partial charge in [0.25, 0.3) is 0 Å². The zero-order valence-corrected chi connectivity index (χ0v) is 12.8. The molecule has 0 radical (unpaired) electrons. The minimum atomic E-state index is -0.276. The van der Waals surface area contributed by atoms with E-state index in [0.29, 0.717) is 6.61 Å². The van der Waals surface area contributed by atoms with Gasteiger partial charge in [0.15, 0.2) is 0 Å². The Balaban J connectivity index is 1.48. The van der Waals surface area contributed by atoms with Crippen LogP contribution in [0, 0.1) is 0 Å². The number of esters is 1. The van der Waals surface area contributed by atoms with E-state index in [1.165, 1.54) is 25.3 Å². The standard InChI is InChI=1S/C18H22N2O2/c21-18(22-13-12-20-10-4-1-5-11-20)9-8-15-14-19-17-7-3-2-6-16(15)17/h2-3,6-9,14,19H,1,4-5,10-13H2/b9-8+. The Morgan fingerprint density at radius 3 is 2.91 bits per heavy atom. The number of carbonyl (C=O) groups excluding carboxylic acids is 1. The Hall–Kier alpha value is -2.07. The summed E-state index contributed by atoms with van der Waals surface area (Å²) in [4.78, 5) is 17.3. The third-order valence-electron chi connectivity index (χ3n) is 4.12. The average Bonchev–Trinajstić information content (AvgIpc) is 2.97. The summed E-state index contributed by atoms with van der Waals surface area (Å²) in [5.41, 5.74) is 2.07. The van der Waals surface area contributed by atoms with Crippen LogP contribution in [0.5, 0.6) is 0 Å². The molecule has 1 aliphatic rings. The number of fused-ring (bicyclic) bond motifs is 1. The number of hydrogen-bond acceptors (Lipinski definition) is 3. The SMILES string of the molecule is O=C(/C=C/c1c[nH]c2ccccc12)OCCN1CCCCC1. The lowest BCUT2D eigenvalue weighted by atomic mass is 10.1. The third-order valence-corrected chi connectivity index (χ3v) is 4.12. The smallest absolute Gasteiger partial charge is 0.330 e. The molecule has 0 aliphatic carbocycles. The molecule has 22 heavy (non-hydrogen) atoms. The molecule has 0 atom stereocenters. The average molecular weight is 298 g/mol. The highest BCUT2D eigenvalue weighted by Crippen LogP contribution is 2.18. The molecule has 2 aromatic rings. The lowest BCUT2D eigenvalue weighted by molar-refractivity contribution is -0.138. The molecule has 1 fully saturated rings. The number of H-pyrrole nitrogens is 1. The lowest BCUT2D eigenvalue weighted by Crippen LogP contribution is -2.33. The number of hydrogen-bond donors (Lipinski definition) is 1. The van der Waals surface area contributed by atoms with Crippen LogP contribution in [0.4, 0.5) is 0 Å². The molecule has 4 nitrogen and oxygen atoms in total. The van der Waals surface area contributed by atoms with Crippen molar-refractivity contribution in [1.82, 2.24) is 9.88 Å². The van der Waals surface area contributed by atoms with E-state index in [0.717, 1.165) is 36.1 Å². The van der Waals surface area contributed by atoms with Crippen molar-refractivity contribution < 1.29 is 9.53 Å². The van der Waals surface area contributed by atoms with Gasteiger partial charge >= 0.3 is 5.97 Å². The van der Waals surface area contributed by atoms with Gasteiger partial charge in [0.2, 0.25) is 0 Å². The van der Waals surface area contributed by atoms with Crippen LogP contribution in [0.15, 0.2) is 36.5 Å². The fourth-order valence-electron chi connectivity index (χ4n) is 2.90. The summed E-state index contributed by atoms with van der Waals surface area (Å²) in [7, 11) is 0. The molecule has 1 aromatic heterocycles. The highest BCUT2D eigenvalue weighted by molar-refractivity contribution is 5.93. The van der Waals surface area contributed by atoms with E-state index >= 15 is 0 Å². The molecule has 2 heterocycles. The van der Waals surface area contributed by atoms with E-state index < -0.39 is 0 Å². The fraction of sp³-hybridized carbons (Fsp3) is 0.389. The Bertz CT molecular complexity index is 654. The van der Waals surface area contributed by atoms with Crippen molar-refractivity contribution >= 4 is 22.9 Å². The number of nitrogens with one attached hydrogen (secondary N) is 1. The number of ether oxygens (including phenoxy) is 1. The summed E-state index contributed by atoms with van der Waals surface area (Å²) in [6.45, 7) is 3.56. The molecule has 3 rings (SSSR count). The van der Waals surface area contributed by atoms with Gasteiger partial charge in [0.1, 0.15) is 6.61 Å². The van der Waals surface area contributed by atoms with E-state index in [-0.39, 0.29) is 5.97 Å². The molecule has 0 unspecified atom stereocenters. The van der Waals surface area contributed by atoms with Crippen molar-refractivity contribution in [3.05, 3.63) is 42.1 Å². The first-order valence-electron chi connectivity index (χ1n) is 7.96. The molecule has 116 valence electrons. The summed E-state index contributed by atoms with van der Waals surface area (Å²) < 4.78 is 5.28. The van der Waals surface area contributed by atoms with E-state index in [9.17, 15) is 4.79 Å². The molecule has 0 amide bonds. The lowest BCUT2D eigenvalue weighted by Gasteiger charge is -2.25. The number of aromatic nitrogens is 1. The summed E-state index contributed by atoms with van der Waals surface area (Å²) in [5.74, 6) is -0.276. The normalized spacial score (nSPS) is 16.4. The highest BCUT2D eigenvalue weighted by Gasteiger charge is 2.10. The molecule has 1 aliphatic heterocycles. The zero-order chi connectivity index (χ0) is 15.2. The topological polar surface area (TPSA) is 45.3 Å². The second-order valence-electron chi connectivity index (χ2n) is 5.69. The second-order valence-corrected chi connectivity index (χ2v) is 5.69. The van der Waals surface area contributed by atoms with Crippen LogP contribution < -0.4 is 0 Å². The molecule has 0 bridgehead atoms. The van der Waals surface area contributed by atoms with Crippen molar-refractivity contribution in [2.45, 2.75) is 19.3 Å². The van der Waals surface area contributed by atoms with Gasteiger partial charge < -0.3 is 9.72 Å². The summed E-state index contributed by atoms with van der Waals surface area (Å²) >= 11 is 0. The maximum atomic E-state index is 11.8. The highest BCUT2D eigenvalue weighted by atomic mass is 16.5. The predicted molar refractivity (Wildman–Crippen MR) is 88.6 cm³/mol. The quantitative estimate of drug-likeness (QED) is 0.681. The Kier molecular flexibility index (Phi) is 4.91. The van der Waals surface area contributed by atoms with Gasteiger partial charge in [-0.25, -0.2) is 4.79 Å². The maximum Gasteiger partial charge on any atom is 0.330 e. The number of likely N-dealkylation sites (tertiary alicyclic amines) is 1. The molecule has 1 saturated heterocycles. The van der Waals surface area contributed by atoms with Gasteiger partial charge in [-0.2, -0.15) is 0 Å². The fourth-order valence-corrected chi connectivity index (χ4v) is 2.90. The van der Waals surface area contributed by atoms with Gasteiger partial charge in [0.05, 0.1) is 0 Å². The molecule has 1 aromatic carbocycles. The number of piperidine rings is 1. The van der Waals surface area contributed by atoms with Crippen LogP contribution in [0.2, 0.25) is 0 Å². The Labute approximate surface area is 130 Å². The van der Waals surface area contributed by atoms with Crippen molar-refractivity contribution in [2.75, 3.05) is 26.2 Å². The molecule has 1 N–H and O–H groups in total. The van der Waals surface area contributed by atoms with Gasteiger partial charge in [-0.15, -0.1) is 0 Å². The number of rotatable bonds is 5. The number of benzene rings is 1. The molecular formula is C18H22N2O2. The minimum Gasteiger partial charge on any atom is -0.461 e. The van der Waals surface area contributed by atoms with Gasteiger partial charge in [-0.1, -0.05) is 24.6 Å². The van der Waals surface area contributed by atoms with Gasteiger partial charge in [-0.3, -0.25) is 4.90 Å². The first-order valence-corrected chi connectivity index (χ1v) is 7.96. The van der Waals surface area contributed by atoms with Crippen molar-refractivity contribution in [1.29, 1.82) is 0 Å². The maximum absolute atomic E-state index is 11.8. The van der Waals surface area contributed by atoms with Crippen molar-refractivity contribution in [3.8, 4) is 0 Å². The number of nitrogens with zero attached hydrogens (tertiary/aromatic N) is 1. The number of carbonyl (C=O) groups is 1. The minimum absolute atomic E-state index is 0.276. The largest absolute Gasteiger partial charge is 0.461 e. The van der Waals surface area contributed by atoms with Gasteiger partial charge in [0, 0.05) is 35.3 Å². The van der Waals surface area contributed by atoms with E-state index in [4.69, 9.17) is 4.74 Å².